The first-order valence-corrected chi connectivity index (χ1v) is 9.77. The lowest BCUT2D eigenvalue weighted by Crippen LogP contribution is -2.45. The van der Waals surface area contributed by atoms with Crippen molar-refractivity contribution in [3.63, 3.8) is 0 Å². The number of rotatable bonds is 8. The summed E-state index contributed by atoms with van der Waals surface area (Å²) in [6, 6.07) is 3.18. The van der Waals surface area contributed by atoms with Crippen LogP contribution in [0.25, 0.3) is 0 Å². The van der Waals surface area contributed by atoms with Crippen molar-refractivity contribution < 1.29 is 9.18 Å². The predicted octanol–water partition coefficient (Wildman–Crippen LogP) is 2.23. The normalized spacial score (nSPS) is 16.5. The molecule has 0 saturated carbocycles. The molecule has 0 spiro atoms. The number of aromatic nitrogens is 1. The van der Waals surface area contributed by atoms with Crippen molar-refractivity contribution in [3.8, 4) is 0 Å². The van der Waals surface area contributed by atoms with Gasteiger partial charge in [-0.3, -0.25) is 9.79 Å². The third-order valence-corrected chi connectivity index (χ3v) is 4.62. The van der Waals surface area contributed by atoms with Crippen LogP contribution in [0.4, 0.5) is 10.2 Å². The van der Waals surface area contributed by atoms with E-state index in [2.05, 4.69) is 20.6 Å². The molecule has 1 atom stereocenters. The van der Waals surface area contributed by atoms with Crippen molar-refractivity contribution in [2.75, 3.05) is 44.2 Å². The second kappa shape index (κ2) is 12.7. The van der Waals surface area contributed by atoms with Crippen LogP contribution in [-0.4, -0.2) is 67.1 Å². The van der Waals surface area contributed by atoms with E-state index >= 15 is 0 Å². The zero-order chi connectivity index (χ0) is 19.6. The van der Waals surface area contributed by atoms with Crippen LogP contribution < -0.4 is 15.5 Å². The fraction of sp³-hybridized carbons (Fsp3) is 0.632. The highest BCUT2D eigenvalue weighted by atomic mass is 127. The highest BCUT2D eigenvalue weighted by molar-refractivity contribution is 14.0. The van der Waals surface area contributed by atoms with E-state index in [1.165, 1.54) is 6.07 Å². The molecule has 0 aromatic carbocycles. The number of nitrogens with zero attached hydrogens (tertiary/aromatic N) is 4. The molecule has 0 bridgehead atoms. The number of nitrogens with one attached hydrogen (secondary N) is 2. The summed E-state index contributed by atoms with van der Waals surface area (Å²) in [5.41, 5.74) is 0. The summed E-state index contributed by atoms with van der Waals surface area (Å²) >= 11 is 0. The average molecular weight is 506 g/mol. The maximum atomic E-state index is 13.9. The number of guanidine groups is 1. The van der Waals surface area contributed by atoms with Crippen molar-refractivity contribution >= 4 is 41.7 Å². The Morgan fingerprint density at radius 3 is 2.79 bits per heavy atom. The summed E-state index contributed by atoms with van der Waals surface area (Å²) in [5.74, 6) is 0.914. The van der Waals surface area contributed by atoms with E-state index in [1.807, 2.05) is 30.6 Å². The maximum absolute atomic E-state index is 13.9. The molecule has 1 aliphatic heterocycles. The number of hydrogen-bond donors (Lipinski definition) is 2. The molecule has 1 amide bonds. The summed E-state index contributed by atoms with van der Waals surface area (Å²) in [6.45, 7) is 9.99. The molecule has 7 nitrogen and oxygen atoms in total. The number of halogens is 2. The van der Waals surface area contributed by atoms with Crippen molar-refractivity contribution in [3.05, 3.63) is 24.1 Å². The van der Waals surface area contributed by atoms with Crippen LogP contribution in [0.2, 0.25) is 0 Å². The van der Waals surface area contributed by atoms with Gasteiger partial charge in [-0.25, -0.2) is 9.37 Å². The summed E-state index contributed by atoms with van der Waals surface area (Å²) in [4.78, 5) is 24.5. The summed E-state index contributed by atoms with van der Waals surface area (Å²) in [7, 11) is 0. The van der Waals surface area contributed by atoms with Gasteiger partial charge in [-0.15, -0.1) is 24.0 Å². The summed E-state index contributed by atoms with van der Waals surface area (Å²) in [6.07, 6.45) is 2.88. The fourth-order valence-corrected chi connectivity index (χ4v) is 3.19. The molecular weight excluding hydrogens is 474 g/mol. The molecule has 2 rings (SSSR count). The molecule has 2 heterocycles. The second-order valence-corrected chi connectivity index (χ2v) is 6.46. The molecule has 9 heteroatoms. The zero-order valence-corrected chi connectivity index (χ0v) is 19.3. The number of amides is 1. The van der Waals surface area contributed by atoms with E-state index in [4.69, 9.17) is 0 Å². The van der Waals surface area contributed by atoms with Gasteiger partial charge in [0.2, 0.25) is 5.91 Å². The van der Waals surface area contributed by atoms with E-state index in [0.29, 0.717) is 31.3 Å². The second-order valence-electron chi connectivity index (χ2n) is 6.46. The van der Waals surface area contributed by atoms with Crippen LogP contribution in [-0.2, 0) is 4.79 Å². The molecule has 2 N–H and O–H groups in total. The van der Waals surface area contributed by atoms with Crippen molar-refractivity contribution in [1.82, 2.24) is 20.5 Å². The number of pyridine rings is 1. The number of carbonyl (C=O) groups excluding carboxylic acids is 1. The summed E-state index contributed by atoms with van der Waals surface area (Å²) < 4.78 is 13.9. The lowest BCUT2D eigenvalue weighted by atomic mass is 10.3. The molecule has 1 aromatic rings. The van der Waals surface area contributed by atoms with Gasteiger partial charge in [0.15, 0.2) is 17.6 Å². The molecule has 0 radical (unpaired) electrons. The van der Waals surface area contributed by atoms with Crippen molar-refractivity contribution in [1.29, 1.82) is 0 Å². The Labute approximate surface area is 184 Å². The van der Waals surface area contributed by atoms with E-state index < -0.39 is 0 Å². The SMILES string of the molecule is CCNC(=NCCC(=O)N(CC)CC)NC1CCN(c2ncccc2F)C1.I. The lowest BCUT2D eigenvalue weighted by molar-refractivity contribution is -0.130. The number of hydrogen-bond acceptors (Lipinski definition) is 4. The highest BCUT2D eigenvalue weighted by Gasteiger charge is 2.25. The quantitative estimate of drug-likeness (QED) is 0.322. The van der Waals surface area contributed by atoms with Crippen LogP contribution in [0, 0.1) is 5.82 Å². The standard InChI is InChI=1S/C19H31FN6O.HI/c1-4-21-19(23-12-9-17(27)25(5-2)6-3)24-15-10-13-26(14-15)18-16(20)8-7-11-22-18;/h7-8,11,15H,4-6,9-10,12-14H2,1-3H3,(H2,21,23,24);1H. The van der Waals surface area contributed by atoms with Gasteiger partial charge in [0.05, 0.1) is 6.54 Å². The monoisotopic (exact) mass is 506 g/mol. The van der Waals surface area contributed by atoms with E-state index in [9.17, 15) is 9.18 Å². The van der Waals surface area contributed by atoms with Crippen LogP contribution in [0.1, 0.15) is 33.6 Å². The maximum Gasteiger partial charge on any atom is 0.224 e. The van der Waals surface area contributed by atoms with Gasteiger partial charge >= 0.3 is 0 Å². The first-order chi connectivity index (χ1) is 13.1. The van der Waals surface area contributed by atoms with Gasteiger partial charge in [-0.2, -0.15) is 0 Å². The number of anilines is 1. The topological polar surface area (TPSA) is 72.9 Å². The number of aliphatic imine (C=N–C) groups is 1. The Hall–Kier alpha value is -1.65. The molecule has 28 heavy (non-hydrogen) atoms. The predicted molar refractivity (Wildman–Crippen MR) is 122 cm³/mol. The highest BCUT2D eigenvalue weighted by Crippen LogP contribution is 2.20. The molecule has 1 aliphatic rings. The van der Waals surface area contributed by atoms with Gasteiger partial charge < -0.3 is 20.4 Å². The van der Waals surface area contributed by atoms with Crippen LogP contribution >= 0.6 is 24.0 Å². The van der Waals surface area contributed by atoms with Crippen LogP contribution in [0.15, 0.2) is 23.3 Å². The van der Waals surface area contributed by atoms with Crippen molar-refractivity contribution in [2.45, 2.75) is 39.7 Å². The minimum atomic E-state index is -0.298. The van der Waals surface area contributed by atoms with E-state index in [0.717, 1.165) is 32.6 Å². The molecular formula is C19H32FIN6O. The van der Waals surface area contributed by atoms with Gasteiger partial charge in [0, 0.05) is 51.4 Å². The Bertz CT molecular complexity index is 641. The minimum Gasteiger partial charge on any atom is -0.357 e. The molecule has 158 valence electrons. The van der Waals surface area contributed by atoms with Gasteiger partial charge in [0.1, 0.15) is 0 Å². The Kier molecular flexibility index (Phi) is 11.1. The van der Waals surface area contributed by atoms with Crippen molar-refractivity contribution in [2.24, 2.45) is 4.99 Å². The third kappa shape index (κ3) is 7.06. The largest absolute Gasteiger partial charge is 0.357 e. The smallest absolute Gasteiger partial charge is 0.224 e. The van der Waals surface area contributed by atoms with E-state index in [-0.39, 0.29) is 41.7 Å². The lowest BCUT2D eigenvalue weighted by Gasteiger charge is -2.20. The average Bonchev–Trinajstić information content (AvgIpc) is 3.11. The molecule has 1 unspecified atom stereocenters. The van der Waals surface area contributed by atoms with Gasteiger partial charge in [-0.05, 0) is 39.3 Å². The van der Waals surface area contributed by atoms with Crippen LogP contribution in [0.3, 0.4) is 0 Å². The Morgan fingerprint density at radius 2 is 2.14 bits per heavy atom. The van der Waals surface area contributed by atoms with E-state index in [1.54, 1.807) is 12.3 Å². The third-order valence-electron chi connectivity index (χ3n) is 4.62. The molecule has 1 aromatic heterocycles. The van der Waals surface area contributed by atoms with Gasteiger partial charge in [-0.1, -0.05) is 0 Å². The number of carbonyl (C=O) groups is 1. The van der Waals surface area contributed by atoms with Crippen LogP contribution in [0.5, 0.6) is 0 Å². The summed E-state index contributed by atoms with van der Waals surface area (Å²) in [5, 5.41) is 6.60. The van der Waals surface area contributed by atoms with Gasteiger partial charge in [0.25, 0.3) is 0 Å². The Morgan fingerprint density at radius 1 is 1.39 bits per heavy atom. The zero-order valence-electron chi connectivity index (χ0n) is 16.9. The first-order valence-electron chi connectivity index (χ1n) is 9.77. The molecule has 1 saturated heterocycles. The fourth-order valence-electron chi connectivity index (χ4n) is 3.19. The minimum absolute atomic E-state index is 0. The Balaban J connectivity index is 0.00000392. The first kappa shape index (κ1) is 24.4. The molecule has 0 aliphatic carbocycles. The molecule has 1 fully saturated rings.